The first kappa shape index (κ1) is 19.2. The molecule has 4 rings (SSSR count). The average Bonchev–Trinajstić information content (AvgIpc) is 3.27. The number of imidazole rings is 1. The fraction of sp³-hybridized carbons (Fsp3) is 0.333. The van der Waals surface area contributed by atoms with Crippen LogP contribution in [-0.2, 0) is 13.1 Å². The van der Waals surface area contributed by atoms with Gasteiger partial charge in [-0.25, -0.2) is 9.98 Å². The highest BCUT2D eigenvalue weighted by atomic mass is 15.1. The summed E-state index contributed by atoms with van der Waals surface area (Å²) in [6.45, 7) is 1.41. The number of aromatic nitrogens is 2. The van der Waals surface area contributed by atoms with Crippen molar-refractivity contribution in [3.8, 4) is 11.1 Å². The maximum Gasteiger partial charge on any atom is 0.189 e. The van der Waals surface area contributed by atoms with E-state index in [1.54, 1.807) is 6.20 Å². The van der Waals surface area contributed by atoms with Crippen LogP contribution >= 0.6 is 0 Å². The fourth-order valence-electron chi connectivity index (χ4n) is 3.99. The molecule has 0 saturated heterocycles. The molecular formula is C24H29N5. The highest BCUT2D eigenvalue weighted by molar-refractivity contribution is 5.78. The van der Waals surface area contributed by atoms with Crippen LogP contribution in [0.15, 0.2) is 72.2 Å². The van der Waals surface area contributed by atoms with Gasteiger partial charge in [-0.15, -0.1) is 0 Å². The number of rotatable bonds is 6. The fourth-order valence-corrected chi connectivity index (χ4v) is 3.99. The van der Waals surface area contributed by atoms with E-state index in [4.69, 9.17) is 5.73 Å². The molecule has 29 heavy (non-hydrogen) atoms. The van der Waals surface area contributed by atoms with Crippen LogP contribution in [0.5, 0.6) is 0 Å². The second-order valence-electron chi connectivity index (χ2n) is 7.77. The van der Waals surface area contributed by atoms with E-state index in [1.807, 2.05) is 12.5 Å². The Kier molecular flexibility index (Phi) is 6.25. The van der Waals surface area contributed by atoms with E-state index in [2.05, 4.69) is 68.4 Å². The third-order valence-electron chi connectivity index (χ3n) is 5.58. The van der Waals surface area contributed by atoms with Crippen molar-refractivity contribution in [3.05, 3.63) is 78.4 Å². The summed E-state index contributed by atoms with van der Waals surface area (Å²) in [5.41, 5.74) is 11.0. The summed E-state index contributed by atoms with van der Waals surface area (Å²) in [5.74, 6) is 0.558. The highest BCUT2D eigenvalue weighted by Gasteiger charge is 2.13. The Morgan fingerprint density at radius 3 is 2.62 bits per heavy atom. The molecule has 0 aliphatic heterocycles. The van der Waals surface area contributed by atoms with Crippen molar-refractivity contribution in [2.75, 3.05) is 0 Å². The van der Waals surface area contributed by atoms with Gasteiger partial charge in [-0.3, -0.25) is 0 Å². The number of benzene rings is 2. The molecule has 0 radical (unpaired) electrons. The Bertz CT molecular complexity index is 922. The molecule has 5 nitrogen and oxygen atoms in total. The Morgan fingerprint density at radius 2 is 1.86 bits per heavy atom. The number of nitrogens with two attached hydrogens (primary N) is 1. The summed E-state index contributed by atoms with van der Waals surface area (Å²) in [5, 5.41) is 3.40. The summed E-state index contributed by atoms with van der Waals surface area (Å²) in [4.78, 5) is 8.72. The Balaban J connectivity index is 1.44. The molecule has 5 heteroatoms. The monoisotopic (exact) mass is 387 g/mol. The molecule has 0 bridgehead atoms. The van der Waals surface area contributed by atoms with Gasteiger partial charge >= 0.3 is 0 Å². The van der Waals surface area contributed by atoms with E-state index < -0.39 is 0 Å². The minimum Gasteiger partial charge on any atom is -0.370 e. The maximum atomic E-state index is 6.16. The van der Waals surface area contributed by atoms with Crippen LogP contribution in [0, 0.1) is 0 Å². The van der Waals surface area contributed by atoms with Crippen molar-refractivity contribution in [1.29, 1.82) is 0 Å². The third kappa shape index (κ3) is 5.25. The van der Waals surface area contributed by atoms with Crippen LogP contribution in [0.1, 0.15) is 43.2 Å². The molecule has 0 unspecified atom stereocenters. The summed E-state index contributed by atoms with van der Waals surface area (Å²) >= 11 is 0. The summed E-state index contributed by atoms with van der Waals surface area (Å²) in [7, 11) is 0. The zero-order valence-electron chi connectivity index (χ0n) is 16.8. The predicted molar refractivity (Wildman–Crippen MR) is 119 cm³/mol. The van der Waals surface area contributed by atoms with Gasteiger partial charge in [-0.1, -0.05) is 67.8 Å². The van der Waals surface area contributed by atoms with Crippen molar-refractivity contribution >= 4 is 5.96 Å². The molecule has 1 heterocycles. The smallest absolute Gasteiger partial charge is 0.189 e. The maximum absolute atomic E-state index is 6.16. The number of nitrogens with zero attached hydrogens (tertiary/aromatic N) is 3. The van der Waals surface area contributed by atoms with Crippen molar-refractivity contribution in [2.45, 2.75) is 51.2 Å². The number of guanidine groups is 1. The summed E-state index contributed by atoms with van der Waals surface area (Å²) < 4.78 is 2.07. The van der Waals surface area contributed by atoms with Gasteiger partial charge in [-0.2, -0.15) is 0 Å². The first-order valence-corrected chi connectivity index (χ1v) is 10.5. The van der Waals surface area contributed by atoms with E-state index in [1.165, 1.54) is 54.4 Å². The van der Waals surface area contributed by atoms with E-state index in [0.29, 0.717) is 18.5 Å². The molecule has 1 aromatic heterocycles. The van der Waals surface area contributed by atoms with Crippen molar-refractivity contribution in [3.63, 3.8) is 0 Å². The first-order chi connectivity index (χ1) is 14.3. The van der Waals surface area contributed by atoms with E-state index in [9.17, 15) is 0 Å². The van der Waals surface area contributed by atoms with Crippen molar-refractivity contribution < 1.29 is 0 Å². The zero-order chi connectivity index (χ0) is 19.9. The Morgan fingerprint density at radius 1 is 1.07 bits per heavy atom. The minimum absolute atomic E-state index is 0.478. The van der Waals surface area contributed by atoms with Crippen molar-refractivity contribution in [2.24, 2.45) is 10.7 Å². The molecule has 1 fully saturated rings. The van der Waals surface area contributed by atoms with Gasteiger partial charge in [0.25, 0.3) is 0 Å². The molecular weight excluding hydrogens is 358 g/mol. The van der Waals surface area contributed by atoms with Crippen LogP contribution in [0.3, 0.4) is 0 Å². The number of hydrogen-bond acceptors (Lipinski definition) is 2. The molecule has 3 aromatic rings. The summed E-state index contributed by atoms with van der Waals surface area (Å²) in [6.07, 6.45) is 11.9. The first-order valence-electron chi connectivity index (χ1n) is 10.5. The van der Waals surface area contributed by atoms with Gasteiger partial charge < -0.3 is 15.6 Å². The van der Waals surface area contributed by atoms with Gasteiger partial charge in [0.15, 0.2) is 5.96 Å². The molecule has 3 N–H and O–H groups in total. The lowest BCUT2D eigenvalue weighted by Gasteiger charge is -2.23. The second-order valence-corrected chi connectivity index (χ2v) is 7.77. The Labute approximate surface area is 172 Å². The standard InChI is InChI=1S/C24H29N5/c25-24(28-22-7-2-1-3-8-22)27-16-21-6-4-5-9-23(21)20-12-10-19(11-13-20)17-29-15-14-26-18-29/h4-6,9-15,18,22H,1-3,7-8,16-17H2,(H3,25,27,28). The van der Waals surface area contributed by atoms with Gasteiger partial charge in [0.1, 0.15) is 0 Å². The lowest BCUT2D eigenvalue weighted by Crippen LogP contribution is -2.41. The van der Waals surface area contributed by atoms with E-state index >= 15 is 0 Å². The third-order valence-corrected chi connectivity index (χ3v) is 5.58. The number of aliphatic imine (C=N–C) groups is 1. The molecule has 0 amide bonds. The average molecular weight is 388 g/mol. The van der Waals surface area contributed by atoms with Gasteiger partial charge in [-0.05, 0) is 35.1 Å². The quantitative estimate of drug-likeness (QED) is 0.488. The van der Waals surface area contributed by atoms with E-state index in [-0.39, 0.29) is 0 Å². The van der Waals surface area contributed by atoms with Crippen LogP contribution in [0.25, 0.3) is 11.1 Å². The number of nitrogens with one attached hydrogen (secondary N) is 1. The zero-order valence-corrected chi connectivity index (χ0v) is 16.8. The van der Waals surface area contributed by atoms with Crippen LogP contribution in [0.4, 0.5) is 0 Å². The topological polar surface area (TPSA) is 68.2 Å². The highest BCUT2D eigenvalue weighted by Crippen LogP contribution is 2.25. The lowest BCUT2D eigenvalue weighted by molar-refractivity contribution is 0.412. The van der Waals surface area contributed by atoms with Crippen molar-refractivity contribution in [1.82, 2.24) is 14.9 Å². The van der Waals surface area contributed by atoms with Gasteiger partial charge in [0.2, 0.25) is 0 Å². The SMILES string of the molecule is NC(=NCc1ccccc1-c1ccc(Cn2ccnc2)cc1)NC1CCCCC1. The Hall–Kier alpha value is -3.08. The minimum atomic E-state index is 0.478. The van der Waals surface area contributed by atoms with Gasteiger partial charge in [0, 0.05) is 25.0 Å². The molecule has 1 saturated carbocycles. The predicted octanol–water partition coefficient (Wildman–Crippen LogP) is 4.34. The normalized spacial score (nSPS) is 15.4. The van der Waals surface area contributed by atoms with E-state index in [0.717, 1.165) is 6.54 Å². The molecule has 2 aromatic carbocycles. The molecule has 0 spiro atoms. The van der Waals surface area contributed by atoms with Crippen LogP contribution in [0.2, 0.25) is 0 Å². The largest absolute Gasteiger partial charge is 0.370 e. The number of hydrogen-bond donors (Lipinski definition) is 2. The second kappa shape index (κ2) is 9.41. The van der Waals surface area contributed by atoms with Gasteiger partial charge in [0.05, 0.1) is 12.9 Å². The van der Waals surface area contributed by atoms with Crippen LogP contribution in [-0.4, -0.2) is 21.6 Å². The van der Waals surface area contributed by atoms with Crippen LogP contribution < -0.4 is 11.1 Å². The molecule has 0 atom stereocenters. The molecule has 150 valence electrons. The summed E-state index contributed by atoms with van der Waals surface area (Å²) in [6, 6.07) is 17.6. The molecule has 1 aliphatic rings. The lowest BCUT2D eigenvalue weighted by atomic mass is 9.96. The molecule has 1 aliphatic carbocycles.